The highest BCUT2D eigenvalue weighted by molar-refractivity contribution is 6.33. The minimum Gasteiger partial charge on any atom is -0.360 e. The highest BCUT2D eigenvalue weighted by atomic mass is 35.5. The van der Waals surface area contributed by atoms with Gasteiger partial charge in [0.05, 0.1) is 10.6 Å². The van der Waals surface area contributed by atoms with Gasteiger partial charge in [-0.3, -0.25) is 0 Å². The molecule has 5 heteroatoms. The Morgan fingerprint density at radius 2 is 2.25 bits per heavy atom. The minimum absolute atomic E-state index is 0.0950. The van der Waals surface area contributed by atoms with Crippen LogP contribution >= 0.6 is 11.6 Å². The Morgan fingerprint density at radius 1 is 1.50 bits per heavy atom. The quantitative estimate of drug-likeness (QED) is 0.763. The number of nitriles is 1. The monoisotopic (exact) mass is 236 g/mol. The standard InChI is InChI=1S/C11H6ClFN2O/c1-6-7(5-14)11(15-16-6)10-8(12)3-2-4-9(10)13/h2-4H,1H3. The molecule has 0 radical (unpaired) electrons. The molecule has 16 heavy (non-hydrogen) atoms. The number of hydrogen-bond acceptors (Lipinski definition) is 3. The van der Waals surface area contributed by atoms with E-state index in [1.165, 1.54) is 18.2 Å². The molecular weight excluding hydrogens is 231 g/mol. The van der Waals surface area contributed by atoms with Gasteiger partial charge >= 0.3 is 0 Å². The van der Waals surface area contributed by atoms with E-state index in [-0.39, 0.29) is 21.8 Å². The van der Waals surface area contributed by atoms with Crippen molar-refractivity contribution in [1.29, 1.82) is 5.26 Å². The Kier molecular flexibility index (Phi) is 2.63. The highest BCUT2D eigenvalue weighted by Crippen LogP contribution is 2.32. The summed E-state index contributed by atoms with van der Waals surface area (Å²) in [6.45, 7) is 1.59. The molecule has 0 aliphatic carbocycles. The molecule has 2 rings (SSSR count). The lowest BCUT2D eigenvalue weighted by Gasteiger charge is -2.01. The molecule has 0 saturated carbocycles. The average molecular weight is 237 g/mol. The second kappa shape index (κ2) is 3.95. The second-order valence-corrected chi connectivity index (χ2v) is 3.58. The van der Waals surface area contributed by atoms with Crippen LogP contribution in [-0.4, -0.2) is 5.16 Å². The summed E-state index contributed by atoms with van der Waals surface area (Å²) in [4.78, 5) is 0. The molecule has 0 aliphatic heterocycles. The number of nitrogens with zero attached hydrogens (tertiary/aromatic N) is 2. The van der Waals surface area contributed by atoms with Crippen LogP contribution < -0.4 is 0 Å². The summed E-state index contributed by atoms with van der Waals surface area (Å²) in [5.41, 5.74) is 0.438. The molecule has 0 atom stereocenters. The van der Waals surface area contributed by atoms with Gasteiger partial charge in [-0.1, -0.05) is 22.8 Å². The molecule has 0 aliphatic rings. The fourth-order valence-electron chi connectivity index (χ4n) is 1.40. The lowest BCUT2D eigenvalue weighted by atomic mass is 10.1. The van der Waals surface area contributed by atoms with Gasteiger partial charge in [-0.15, -0.1) is 0 Å². The summed E-state index contributed by atoms with van der Waals surface area (Å²) in [5.74, 6) is -0.186. The van der Waals surface area contributed by atoms with E-state index in [0.717, 1.165) is 0 Å². The SMILES string of the molecule is Cc1onc(-c2c(F)cccc2Cl)c1C#N. The molecule has 0 unspecified atom stereocenters. The molecule has 2 aromatic rings. The van der Waals surface area contributed by atoms with Crippen molar-refractivity contribution < 1.29 is 8.91 Å². The van der Waals surface area contributed by atoms with Crippen molar-refractivity contribution in [2.75, 3.05) is 0 Å². The molecule has 0 spiro atoms. The Balaban J connectivity index is 2.74. The van der Waals surface area contributed by atoms with Gasteiger partial charge in [0, 0.05) is 0 Å². The van der Waals surface area contributed by atoms with Crippen LogP contribution in [0, 0.1) is 24.1 Å². The topological polar surface area (TPSA) is 49.8 Å². The van der Waals surface area contributed by atoms with E-state index in [2.05, 4.69) is 5.16 Å². The fraction of sp³-hybridized carbons (Fsp3) is 0.0909. The molecule has 0 saturated heterocycles. The first kappa shape index (κ1) is 10.7. The first-order valence-corrected chi connectivity index (χ1v) is 4.83. The zero-order valence-electron chi connectivity index (χ0n) is 8.29. The zero-order chi connectivity index (χ0) is 11.7. The maximum absolute atomic E-state index is 13.6. The summed E-state index contributed by atoms with van der Waals surface area (Å²) in [5, 5.41) is 12.8. The van der Waals surface area contributed by atoms with Gasteiger partial charge in [0.1, 0.15) is 23.1 Å². The van der Waals surface area contributed by atoms with Gasteiger partial charge in [0.25, 0.3) is 0 Å². The van der Waals surface area contributed by atoms with Gasteiger partial charge in [0.2, 0.25) is 0 Å². The van der Waals surface area contributed by atoms with E-state index in [4.69, 9.17) is 21.4 Å². The van der Waals surface area contributed by atoms with E-state index in [0.29, 0.717) is 5.76 Å². The smallest absolute Gasteiger partial charge is 0.152 e. The number of aryl methyl sites for hydroxylation is 1. The van der Waals surface area contributed by atoms with Crippen LogP contribution in [0.5, 0.6) is 0 Å². The third-order valence-corrected chi connectivity index (χ3v) is 2.49. The molecule has 0 N–H and O–H groups in total. The van der Waals surface area contributed by atoms with E-state index in [1.54, 1.807) is 6.92 Å². The molecule has 3 nitrogen and oxygen atoms in total. The van der Waals surface area contributed by atoms with Crippen molar-refractivity contribution in [3.63, 3.8) is 0 Å². The van der Waals surface area contributed by atoms with Crippen LogP contribution in [-0.2, 0) is 0 Å². The van der Waals surface area contributed by atoms with E-state index < -0.39 is 5.82 Å². The molecule has 0 fully saturated rings. The van der Waals surface area contributed by atoms with Crippen molar-refractivity contribution in [2.45, 2.75) is 6.92 Å². The van der Waals surface area contributed by atoms with Crippen molar-refractivity contribution in [2.24, 2.45) is 0 Å². The van der Waals surface area contributed by atoms with Crippen molar-refractivity contribution in [3.05, 3.63) is 40.4 Å². The number of aromatic nitrogens is 1. The molecule has 1 aromatic carbocycles. The maximum atomic E-state index is 13.6. The molecule has 1 aromatic heterocycles. The number of hydrogen-bond donors (Lipinski definition) is 0. The summed E-state index contributed by atoms with van der Waals surface area (Å²) < 4.78 is 18.4. The Bertz CT molecular complexity index is 566. The Labute approximate surface area is 96.0 Å². The van der Waals surface area contributed by atoms with Gasteiger partial charge in [-0.25, -0.2) is 4.39 Å². The van der Waals surface area contributed by atoms with Crippen LogP contribution in [0.3, 0.4) is 0 Å². The van der Waals surface area contributed by atoms with Crippen molar-refractivity contribution in [3.8, 4) is 17.3 Å². The number of benzene rings is 1. The highest BCUT2D eigenvalue weighted by Gasteiger charge is 2.19. The summed E-state index contributed by atoms with van der Waals surface area (Å²) in [6, 6.07) is 6.19. The van der Waals surface area contributed by atoms with Gasteiger partial charge < -0.3 is 4.52 Å². The van der Waals surface area contributed by atoms with Crippen LogP contribution in [0.2, 0.25) is 5.02 Å². The van der Waals surface area contributed by atoms with E-state index >= 15 is 0 Å². The molecule has 80 valence electrons. The van der Waals surface area contributed by atoms with Crippen LogP contribution in [0.15, 0.2) is 22.7 Å². The van der Waals surface area contributed by atoms with Crippen LogP contribution in [0.1, 0.15) is 11.3 Å². The van der Waals surface area contributed by atoms with Crippen LogP contribution in [0.25, 0.3) is 11.3 Å². The lowest BCUT2D eigenvalue weighted by Crippen LogP contribution is -1.88. The molecule has 0 amide bonds. The molecular formula is C11H6ClFN2O. The first-order chi connectivity index (χ1) is 7.65. The minimum atomic E-state index is -0.530. The van der Waals surface area contributed by atoms with E-state index in [9.17, 15) is 4.39 Å². The van der Waals surface area contributed by atoms with E-state index in [1.807, 2.05) is 6.07 Å². The molecule has 1 heterocycles. The van der Waals surface area contributed by atoms with Gasteiger partial charge in [-0.2, -0.15) is 5.26 Å². The Morgan fingerprint density at radius 3 is 2.88 bits per heavy atom. The predicted molar refractivity (Wildman–Crippen MR) is 56.4 cm³/mol. The average Bonchev–Trinajstić information content (AvgIpc) is 2.59. The molecule has 0 bridgehead atoms. The number of halogens is 2. The fourth-order valence-corrected chi connectivity index (χ4v) is 1.65. The third-order valence-electron chi connectivity index (χ3n) is 2.17. The van der Waals surface area contributed by atoms with Crippen molar-refractivity contribution >= 4 is 11.6 Å². The van der Waals surface area contributed by atoms with Crippen molar-refractivity contribution in [1.82, 2.24) is 5.16 Å². The van der Waals surface area contributed by atoms with Gasteiger partial charge in [-0.05, 0) is 19.1 Å². The van der Waals surface area contributed by atoms with Gasteiger partial charge in [0.15, 0.2) is 5.76 Å². The summed E-state index contributed by atoms with van der Waals surface area (Å²) in [7, 11) is 0. The zero-order valence-corrected chi connectivity index (χ0v) is 9.05. The normalized spacial score (nSPS) is 10.1. The largest absolute Gasteiger partial charge is 0.360 e. The third kappa shape index (κ3) is 1.55. The summed E-state index contributed by atoms with van der Waals surface area (Å²) >= 11 is 5.87. The van der Waals surface area contributed by atoms with Crippen LogP contribution in [0.4, 0.5) is 4.39 Å². The first-order valence-electron chi connectivity index (χ1n) is 4.46. The lowest BCUT2D eigenvalue weighted by molar-refractivity contribution is 0.399. The number of rotatable bonds is 1. The second-order valence-electron chi connectivity index (χ2n) is 3.17. The summed E-state index contributed by atoms with van der Waals surface area (Å²) in [6.07, 6.45) is 0. The Hall–Kier alpha value is -1.86. The predicted octanol–water partition coefficient (Wildman–Crippen LogP) is 3.31. The maximum Gasteiger partial charge on any atom is 0.152 e.